The van der Waals surface area contributed by atoms with Gasteiger partial charge in [-0.05, 0) is 43.4 Å². The molecular formula is C23H27N7O. The van der Waals surface area contributed by atoms with Crippen molar-refractivity contribution in [3.05, 3.63) is 46.8 Å². The van der Waals surface area contributed by atoms with Crippen molar-refractivity contribution in [2.24, 2.45) is 0 Å². The molecule has 8 heteroatoms. The van der Waals surface area contributed by atoms with Gasteiger partial charge in [0.2, 0.25) is 0 Å². The highest BCUT2D eigenvalue weighted by molar-refractivity contribution is 5.99. The molecule has 0 radical (unpaired) electrons. The Morgan fingerprint density at radius 3 is 2.48 bits per heavy atom. The number of pyridine rings is 1. The summed E-state index contributed by atoms with van der Waals surface area (Å²) >= 11 is 0. The number of H-pyrrole nitrogens is 2. The first-order valence-corrected chi connectivity index (χ1v) is 10.5. The lowest BCUT2D eigenvalue weighted by Crippen LogP contribution is -2.44. The second-order valence-corrected chi connectivity index (χ2v) is 8.44. The number of nitrogens with zero attached hydrogens (tertiary/aromatic N) is 4. The molecule has 0 spiro atoms. The Kier molecular flexibility index (Phi) is 4.59. The fraction of sp³-hybridized carbons (Fsp3) is 0.304. The molecule has 1 fully saturated rings. The van der Waals surface area contributed by atoms with Gasteiger partial charge in [-0.15, -0.1) is 0 Å². The Morgan fingerprint density at radius 2 is 1.74 bits per heavy atom. The molecule has 0 saturated carbocycles. The van der Waals surface area contributed by atoms with Gasteiger partial charge in [0.05, 0.1) is 22.2 Å². The van der Waals surface area contributed by atoms with Gasteiger partial charge in [0.1, 0.15) is 11.4 Å². The number of fused-ring (bicyclic) bond motifs is 2. The number of aromatic amines is 2. The van der Waals surface area contributed by atoms with Crippen molar-refractivity contribution >= 4 is 39.0 Å². The predicted octanol–water partition coefficient (Wildman–Crippen LogP) is 2.47. The van der Waals surface area contributed by atoms with E-state index < -0.39 is 0 Å². The molecule has 1 saturated heterocycles. The third kappa shape index (κ3) is 3.38. The molecule has 0 amide bonds. The van der Waals surface area contributed by atoms with Gasteiger partial charge in [0.15, 0.2) is 0 Å². The second kappa shape index (κ2) is 7.31. The number of rotatable bonds is 3. The summed E-state index contributed by atoms with van der Waals surface area (Å²) in [6.07, 6.45) is 0. The van der Waals surface area contributed by atoms with E-state index in [0.29, 0.717) is 22.6 Å². The number of anilines is 3. The summed E-state index contributed by atoms with van der Waals surface area (Å²) in [5.74, 6) is 0.487. The van der Waals surface area contributed by atoms with Crippen molar-refractivity contribution in [1.82, 2.24) is 19.9 Å². The standard InChI is InChI=1S/C23H27N7O/c1-28(2)14-4-6-17-16(12-14)21(24)20(23(31)27-17)22-25-18-7-5-15(13-19(18)26-22)30-10-8-29(3)9-11-30/h4-7,12-13H,8-11H2,1-3H3,(H,25,26)(H3,24,27,31). The van der Waals surface area contributed by atoms with Crippen molar-refractivity contribution in [2.45, 2.75) is 0 Å². The van der Waals surface area contributed by atoms with Crippen LogP contribution < -0.4 is 21.1 Å². The lowest BCUT2D eigenvalue weighted by molar-refractivity contribution is 0.313. The topological polar surface area (TPSA) is 97.3 Å². The molecule has 8 nitrogen and oxygen atoms in total. The minimum absolute atomic E-state index is 0.249. The fourth-order valence-corrected chi connectivity index (χ4v) is 4.19. The van der Waals surface area contributed by atoms with E-state index in [0.717, 1.165) is 54.0 Å². The van der Waals surface area contributed by atoms with Gasteiger partial charge in [0, 0.05) is 57.0 Å². The highest BCUT2D eigenvalue weighted by Crippen LogP contribution is 2.31. The molecule has 2 aromatic heterocycles. The van der Waals surface area contributed by atoms with E-state index in [1.807, 2.05) is 43.3 Å². The Labute approximate surface area is 180 Å². The van der Waals surface area contributed by atoms with Gasteiger partial charge in [-0.1, -0.05) is 0 Å². The molecule has 0 unspecified atom stereocenters. The smallest absolute Gasteiger partial charge is 0.261 e. The maximum absolute atomic E-state index is 12.9. The van der Waals surface area contributed by atoms with Crippen molar-refractivity contribution in [2.75, 3.05) is 62.9 Å². The third-order valence-electron chi connectivity index (χ3n) is 6.13. The molecule has 0 aliphatic carbocycles. The van der Waals surface area contributed by atoms with Gasteiger partial charge in [-0.25, -0.2) is 4.98 Å². The highest BCUT2D eigenvalue weighted by atomic mass is 16.1. The average Bonchev–Trinajstić information content (AvgIpc) is 3.16. The number of hydrogen-bond donors (Lipinski definition) is 3. The molecule has 31 heavy (non-hydrogen) atoms. The summed E-state index contributed by atoms with van der Waals surface area (Å²) in [6.45, 7) is 4.07. The Morgan fingerprint density at radius 1 is 1.00 bits per heavy atom. The highest BCUT2D eigenvalue weighted by Gasteiger charge is 2.18. The summed E-state index contributed by atoms with van der Waals surface area (Å²) < 4.78 is 0. The van der Waals surface area contributed by atoms with Crippen LogP contribution in [0.1, 0.15) is 0 Å². The van der Waals surface area contributed by atoms with Crippen molar-refractivity contribution in [3.8, 4) is 11.4 Å². The number of nitrogen functional groups attached to an aromatic ring is 1. The number of piperazine rings is 1. The van der Waals surface area contributed by atoms with Crippen LogP contribution in [0.5, 0.6) is 0 Å². The average molecular weight is 418 g/mol. The number of nitrogens with one attached hydrogen (secondary N) is 2. The second-order valence-electron chi connectivity index (χ2n) is 8.44. The maximum Gasteiger partial charge on any atom is 0.261 e. The number of hydrogen-bond acceptors (Lipinski definition) is 6. The van der Waals surface area contributed by atoms with E-state index in [1.165, 1.54) is 0 Å². The van der Waals surface area contributed by atoms with E-state index in [9.17, 15) is 4.79 Å². The largest absolute Gasteiger partial charge is 0.397 e. The van der Waals surface area contributed by atoms with Crippen molar-refractivity contribution in [3.63, 3.8) is 0 Å². The molecule has 0 bridgehead atoms. The normalized spacial score (nSPS) is 15.1. The van der Waals surface area contributed by atoms with Crippen LogP contribution in [0.25, 0.3) is 33.3 Å². The Bertz CT molecular complexity index is 1330. The molecule has 0 atom stereocenters. The van der Waals surface area contributed by atoms with E-state index in [2.05, 4.69) is 38.9 Å². The van der Waals surface area contributed by atoms with Crippen LogP contribution in [0.3, 0.4) is 0 Å². The summed E-state index contributed by atoms with van der Waals surface area (Å²) in [5, 5.41) is 0.805. The SMILES string of the molecule is CN1CCN(c2ccc3[nH]c(-c4c(N)c5cc(N(C)C)ccc5[nH]c4=O)nc3c2)CC1. The maximum atomic E-state index is 12.9. The first-order valence-electron chi connectivity index (χ1n) is 10.5. The third-order valence-corrected chi connectivity index (χ3v) is 6.13. The van der Waals surface area contributed by atoms with Crippen LogP contribution in [0.2, 0.25) is 0 Å². The van der Waals surface area contributed by atoms with Gasteiger partial charge in [0.25, 0.3) is 5.56 Å². The fourth-order valence-electron chi connectivity index (χ4n) is 4.19. The molecule has 4 aromatic rings. The van der Waals surface area contributed by atoms with E-state index >= 15 is 0 Å². The molecule has 3 heterocycles. The summed E-state index contributed by atoms with van der Waals surface area (Å²) in [6, 6.07) is 12.0. The number of likely N-dealkylation sites (N-methyl/N-ethyl adjacent to an activating group) is 1. The first kappa shape index (κ1) is 19.4. The van der Waals surface area contributed by atoms with Crippen LogP contribution in [0, 0.1) is 0 Å². The van der Waals surface area contributed by atoms with Crippen LogP contribution in [0.15, 0.2) is 41.2 Å². The first-order chi connectivity index (χ1) is 14.9. The predicted molar refractivity (Wildman–Crippen MR) is 128 cm³/mol. The summed E-state index contributed by atoms with van der Waals surface area (Å²) in [7, 11) is 6.09. The minimum atomic E-state index is -0.249. The molecule has 4 N–H and O–H groups in total. The lowest BCUT2D eigenvalue weighted by Gasteiger charge is -2.34. The van der Waals surface area contributed by atoms with E-state index in [4.69, 9.17) is 10.7 Å². The Hall–Kier alpha value is -3.52. The van der Waals surface area contributed by atoms with Crippen LogP contribution in [-0.2, 0) is 0 Å². The summed E-state index contributed by atoms with van der Waals surface area (Å²) in [5.41, 5.74) is 11.6. The quantitative estimate of drug-likeness (QED) is 0.474. The van der Waals surface area contributed by atoms with Gasteiger partial charge in [-0.3, -0.25) is 4.79 Å². The molecule has 1 aliphatic heterocycles. The molecule has 2 aromatic carbocycles. The zero-order valence-electron chi connectivity index (χ0n) is 18.1. The zero-order chi connectivity index (χ0) is 21.7. The Balaban J connectivity index is 1.59. The van der Waals surface area contributed by atoms with Gasteiger partial charge < -0.3 is 30.4 Å². The van der Waals surface area contributed by atoms with E-state index in [-0.39, 0.29) is 5.56 Å². The number of nitrogens with two attached hydrogens (primary N) is 1. The summed E-state index contributed by atoms with van der Waals surface area (Å²) in [4.78, 5) is 30.6. The van der Waals surface area contributed by atoms with Crippen LogP contribution in [0.4, 0.5) is 17.1 Å². The van der Waals surface area contributed by atoms with Crippen LogP contribution >= 0.6 is 0 Å². The molecule has 1 aliphatic rings. The number of imidazole rings is 1. The van der Waals surface area contributed by atoms with Gasteiger partial charge >= 0.3 is 0 Å². The lowest BCUT2D eigenvalue weighted by atomic mass is 10.1. The minimum Gasteiger partial charge on any atom is -0.397 e. The molecular weight excluding hydrogens is 390 g/mol. The van der Waals surface area contributed by atoms with Crippen molar-refractivity contribution in [1.29, 1.82) is 0 Å². The van der Waals surface area contributed by atoms with Gasteiger partial charge in [-0.2, -0.15) is 0 Å². The monoisotopic (exact) mass is 417 g/mol. The van der Waals surface area contributed by atoms with Crippen molar-refractivity contribution < 1.29 is 0 Å². The number of benzene rings is 2. The molecule has 5 rings (SSSR count). The zero-order valence-corrected chi connectivity index (χ0v) is 18.1. The number of aromatic nitrogens is 3. The molecule has 160 valence electrons. The van der Waals surface area contributed by atoms with Crippen LogP contribution in [-0.4, -0.2) is 67.2 Å². The van der Waals surface area contributed by atoms with E-state index in [1.54, 1.807) is 0 Å².